The molecule has 0 radical (unpaired) electrons. The quantitative estimate of drug-likeness (QED) is 0.199. The van der Waals surface area contributed by atoms with Crippen LogP contribution >= 0.6 is 0 Å². The fraction of sp³-hybridized carbons (Fsp3) is 0.838. The molecule has 266 valence electrons. The fourth-order valence-electron chi connectivity index (χ4n) is 15.3. The predicted octanol–water partition coefficient (Wildman–Crippen LogP) is 0.0402. The van der Waals surface area contributed by atoms with Crippen molar-refractivity contribution in [3.63, 3.8) is 0 Å². The van der Waals surface area contributed by atoms with E-state index in [0.29, 0.717) is 29.2 Å². The molecule has 12 nitrogen and oxygen atoms in total. The van der Waals surface area contributed by atoms with Crippen LogP contribution in [-0.4, -0.2) is 124 Å². The molecule has 11 aliphatic rings. The average Bonchev–Trinajstić information content (AvgIpc) is 3.88. The summed E-state index contributed by atoms with van der Waals surface area (Å²) in [5.41, 5.74) is 0.720. The number of hydrogen-bond acceptors (Lipinski definition) is 12. The van der Waals surface area contributed by atoms with Crippen LogP contribution in [0.15, 0.2) is 22.8 Å². The SMILES string of the molecule is C[C@@H]1CN2C[C@H]3CCC4=C5[C@]6(CC[C@@]57C(=O)[C@@H]1C[C@@H]2[C@@]37C)C[C@H]4[C@H]1O[C@@H](O[C@@H]2O[C@H](CO)[C@@H](O)[C@H](O)[C@H]2O)[C@@H]2C(CO)=C[C@@H]3OC(=O)[C@@]16C32. The molecule has 5 saturated heterocycles. The number of carbonyl (C=O) groups excluding carboxylic acids is 2. The number of hydrogen-bond donors (Lipinski definition) is 5. The maximum absolute atomic E-state index is 15.3. The van der Waals surface area contributed by atoms with Crippen LogP contribution in [0.5, 0.6) is 0 Å². The maximum atomic E-state index is 15.3. The van der Waals surface area contributed by atoms with Crippen LogP contribution in [0.3, 0.4) is 0 Å². The Bertz CT molecular complexity index is 1630. The number of Topliss-reactive ketones (excluding diaryl/α,β-unsaturated/α-hetero) is 1. The third-order valence-electron chi connectivity index (χ3n) is 16.9. The van der Waals surface area contributed by atoms with E-state index in [9.17, 15) is 30.3 Å². The highest BCUT2D eigenvalue weighted by atomic mass is 16.8. The van der Waals surface area contributed by atoms with Crippen molar-refractivity contribution in [2.45, 2.75) is 108 Å². The third kappa shape index (κ3) is 3.02. The fourth-order valence-corrected chi connectivity index (χ4v) is 15.3. The van der Waals surface area contributed by atoms with E-state index in [1.54, 1.807) is 0 Å². The van der Waals surface area contributed by atoms with Gasteiger partial charge in [-0.05, 0) is 67.6 Å². The molecule has 5 aliphatic heterocycles. The van der Waals surface area contributed by atoms with Gasteiger partial charge in [0, 0.05) is 53.6 Å². The Morgan fingerprint density at radius 3 is 2.61 bits per heavy atom. The van der Waals surface area contributed by atoms with Crippen LogP contribution in [0.1, 0.15) is 52.4 Å². The summed E-state index contributed by atoms with van der Waals surface area (Å²) in [5.74, 6) is -0.304. The normalized spacial score (nSPS) is 60.3. The monoisotopic (exact) mass is 681 g/mol. The Labute approximate surface area is 284 Å². The van der Waals surface area contributed by atoms with E-state index in [0.717, 1.165) is 51.6 Å². The van der Waals surface area contributed by atoms with E-state index in [1.807, 2.05) is 6.08 Å². The summed E-state index contributed by atoms with van der Waals surface area (Å²) in [6.07, 6.45) is -2.82. The molecule has 0 aromatic heterocycles. The van der Waals surface area contributed by atoms with E-state index in [-0.39, 0.29) is 29.8 Å². The number of nitrogens with zero attached hydrogens (tertiary/aromatic N) is 1. The van der Waals surface area contributed by atoms with Crippen LogP contribution < -0.4 is 0 Å². The van der Waals surface area contributed by atoms with Gasteiger partial charge in [0.25, 0.3) is 0 Å². The Kier molecular flexibility index (Phi) is 5.93. The average molecular weight is 682 g/mol. The van der Waals surface area contributed by atoms with Gasteiger partial charge in [0.05, 0.1) is 24.7 Å². The number of aliphatic hydroxyl groups is 5. The van der Waals surface area contributed by atoms with Crippen LogP contribution in [-0.2, 0) is 28.5 Å². The molecule has 49 heavy (non-hydrogen) atoms. The van der Waals surface area contributed by atoms with Gasteiger partial charge in [-0.1, -0.05) is 19.4 Å². The molecule has 3 saturated carbocycles. The molecule has 4 bridgehead atoms. The van der Waals surface area contributed by atoms with Gasteiger partial charge in [-0.25, -0.2) is 0 Å². The van der Waals surface area contributed by atoms with Crippen LogP contribution in [0, 0.1) is 57.2 Å². The first-order chi connectivity index (χ1) is 23.5. The van der Waals surface area contributed by atoms with Crippen molar-refractivity contribution in [3.05, 3.63) is 22.8 Å². The topological polar surface area (TPSA) is 175 Å². The summed E-state index contributed by atoms with van der Waals surface area (Å²) in [5, 5.41) is 52.4. The lowest BCUT2D eigenvalue weighted by Gasteiger charge is -2.61. The Morgan fingerprint density at radius 1 is 1.02 bits per heavy atom. The highest BCUT2D eigenvalue weighted by Crippen LogP contribution is 2.87. The van der Waals surface area contributed by atoms with Gasteiger partial charge >= 0.3 is 5.97 Å². The van der Waals surface area contributed by atoms with Crippen LogP contribution in [0.2, 0.25) is 0 Å². The number of esters is 1. The zero-order valence-electron chi connectivity index (χ0n) is 27.9. The second kappa shape index (κ2) is 9.43. The van der Waals surface area contributed by atoms with E-state index >= 15 is 4.79 Å². The molecule has 19 atom stereocenters. The Morgan fingerprint density at radius 2 is 1.84 bits per heavy atom. The third-order valence-corrected chi connectivity index (χ3v) is 16.9. The van der Waals surface area contributed by atoms with E-state index in [1.165, 1.54) is 11.1 Å². The van der Waals surface area contributed by atoms with Gasteiger partial charge in [-0.3, -0.25) is 14.5 Å². The van der Waals surface area contributed by atoms with Crippen LogP contribution in [0.4, 0.5) is 0 Å². The van der Waals surface area contributed by atoms with Gasteiger partial charge in [-0.2, -0.15) is 0 Å². The minimum atomic E-state index is -1.63. The molecule has 11 rings (SSSR count). The van der Waals surface area contributed by atoms with Gasteiger partial charge in [0.1, 0.15) is 41.7 Å². The standard InChI is InChI=1S/C37H47NO11/c1-14-10-38-11-16-3-4-17-19-9-35(5-6-36(28(17)35)29(44)18(14)8-22(38)34(16,36)2)37-24-20(47-33(37)45)7-15(12-39)23(24)31(48-30(19)37)49-32-27(43)26(42)25(41)21(13-40)46-32/h7,14,16,18-27,30-32,39-43H,3-6,8-13H2,1-2H3/t14-,16-,18-,19-,20+,21-,22-,23-,24?,25-,26+,27-,30-,31+,32+,34-,35+,36+,37-/m1/s1. The molecule has 0 amide bonds. The largest absolute Gasteiger partial charge is 0.457 e. The predicted molar refractivity (Wildman–Crippen MR) is 166 cm³/mol. The van der Waals surface area contributed by atoms with Crippen molar-refractivity contribution in [2.24, 2.45) is 57.2 Å². The number of ether oxygens (including phenoxy) is 4. The van der Waals surface area contributed by atoms with Gasteiger partial charge in [0.2, 0.25) is 0 Å². The summed E-state index contributed by atoms with van der Waals surface area (Å²) in [7, 11) is 0. The molecular formula is C37H47NO11. The summed E-state index contributed by atoms with van der Waals surface area (Å²) in [6, 6.07) is 0.356. The van der Waals surface area contributed by atoms with Gasteiger partial charge < -0.3 is 44.5 Å². The molecule has 0 aromatic rings. The number of ketones is 1. The maximum Gasteiger partial charge on any atom is 0.316 e. The number of carbonyl (C=O) groups is 2. The first kappa shape index (κ1) is 30.8. The van der Waals surface area contributed by atoms with E-state index in [4.69, 9.17) is 18.9 Å². The first-order valence-corrected chi connectivity index (χ1v) is 18.7. The number of rotatable bonds is 4. The Hall–Kier alpha value is -1.74. The van der Waals surface area contributed by atoms with Gasteiger partial charge in [-0.15, -0.1) is 0 Å². The van der Waals surface area contributed by atoms with Crippen molar-refractivity contribution in [3.8, 4) is 0 Å². The molecule has 5 heterocycles. The Balaban J connectivity index is 1.06. The number of piperidine rings is 1. The highest BCUT2D eigenvalue weighted by Gasteiger charge is 2.89. The minimum Gasteiger partial charge on any atom is -0.457 e. The van der Waals surface area contributed by atoms with Crippen molar-refractivity contribution < 1.29 is 54.1 Å². The first-order valence-electron chi connectivity index (χ1n) is 18.7. The lowest BCUT2D eigenvalue weighted by molar-refractivity contribution is -0.366. The number of fused-ring (bicyclic) bond motifs is 4. The minimum absolute atomic E-state index is 0.0200. The highest BCUT2D eigenvalue weighted by molar-refractivity contribution is 5.96. The zero-order valence-corrected chi connectivity index (χ0v) is 27.9. The van der Waals surface area contributed by atoms with Crippen molar-refractivity contribution >= 4 is 11.8 Å². The molecule has 8 fully saturated rings. The molecule has 3 spiro atoms. The van der Waals surface area contributed by atoms with Crippen LogP contribution in [0.25, 0.3) is 0 Å². The van der Waals surface area contributed by atoms with Crippen molar-refractivity contribution in [1.82, 2.24) is 4.90 Å². The van der Waals surface area contributed by atoms with Crippen molar-refractivity contribution in [1.29, 1.82) is 0 Å². The molecule has 1 unspecified atom stereocenters. The summed E-state index contributed by atoms with van der Waals surface area (Å²) < 4.78 is 25.5. The lowest BCUT2D eigenvalue weighted by atomic mass is 9.43. The molecular weight excluding hydrogens is 634 g/mol. The molecule has 5 N–H and O–H groups in total. The molecule has 0 aromatic carbocycles. The van der Waals surface area contributed by atoms with Crippen molar-refractivity contribution in [2.75, 3.05) is 26.3 Å². The second-order valence-corrected chi connectivity index (χ2v) is 17.8. The van der Waals surface area contributed by atoms with E-state index < -0.39 is 83.9 Å². The summed E-state index contributed by atoms with van der Waals surface area (Å²) in [4.78, 5) is 32.8. The second-order valence-electron chi connectivity index (χ2n) is 17.8. The lowest BCUT2D eigenvalue weighted by Crippen LogP contribution is -2.67. The summed E-state index contributed by atoms with van der Waals surface area (Å²) in [6.45, 7) is 5.76. The number of aliphatic hydroxyl groups excluding tert-OH is 5. The summed E-state index contributed by atoms with van der Waals surface area (Å²) >= 11 is 0. The smallest absolute Gasteiger partial charge is 0.316 e. The molecule has 12 heteroatoms. The zero-order chi connectivity index (χ0) is 33.7. The van der Waals surface area contributed by atoms with E-state index in [2.05, 4.69) is 18.7 Å². The number of allylic oxidation sites excluding steroid dienone is 1. The molecule has 6 aliphatic carbocycles. The van der Waals surface area contributed by atoms with Gasteiger partial charge in [0.15, 0.2) is 12.6 Å².